The molecule has 0 aromatic carbocycles. The van der Waals surface area contributed by atoms with Crippen molar-refractivity contribution in [3.05, 3.63) is 0 Å². The molecule has 1 saturated heterocycles. The summed E-state index contributed by atoms with van der Waals surface area (Å²) in [6.45, 7) is 0. The van der Waals surface area contributed by atoms with Crippen LogP contribution >= 0.6 is 12.2 Å². The number of rotatable bonds is 0. The van der Waals surface area contributed by atoms with Crippen molar-refractivity contribution < 1.29 is 9.63 Å². The van der Waals surface area contributed by atoms with Crippen molar-refractivity contribution in [2.24, 2.45) is 0 Å². The molecule has 1 N–H and O–H groups in total. The molecule has 1 rings (SSSR count). The van der Waals surface area contributed by atoms with E-state index in [1.807, 2.05) is 0 Å². The molecule has 0 bridgehead atoms. The largest absolute Gasteiger partial charge is 0.342 e. The van der Waals surface area contributed by atoms with Crippen LogP contribution in [0.1, 0.15) is 6.42 Å². The van der Waals surface area contributed by atoms with Gasteiger partial charge < -0.3 is 4.84 Å². The first kappa shape index (κ1) is 4.52. The third kappa shape index (κ3) is 0.866. The Bertz CT molecular complexity index is 108. The second kappa shape index (κ2) is 1.46. The highest BCUT2D eigenvalue weighted by molar-refractivity contribution is 7.80. The Labute approximate surface area is 45.6 Å². The van der Waals surface area contributed by atoms with Crippen molar-refractivity contribution in [3.63, 3.8) is 0 Å². The maximum atomic E-state index is 10.1. The lowest BCUT2D eigenvalue weighted by molar-refractivity contribution is -0.142. The molecule has 0 aromatic rings. The van der Waals surface area contributed by atoms with Crippen LogP contribution in [-0.4, -0.2) is 11.0 Å². The van der Waals surface area contributed by atoms with Gasteiger partial charge in [-0.15, -0.1) is 0 Å². The molecule has 3 nitrogen and oxygen atoms in total. The summed E-state index contributed by atoms with van der Waals surface area (Å²) in [5.41, 5.74) is 2.25. The molecule has 0 aromatic heterocycles. The fourth-order valence-electron chi connectivity index (χ4n) is 0.317. The number of hydrogen-bond acceptors (Lipinski definition) is 3. The molecule has 0 aliphatic carbocycles. The van der Waals surface area contributed by atoms with Gasteiger partial charge in [0.15, 0.2) is 0 Å². The van der Waals surface area contributed by atoms with Gasteiger partial charge in [0, 0.05) is 0 Å². The van der Waals surface area contributed by atoms with Crippen LogP contribution in [-0.2, 0) is 9.63 Å². The number of carbonyl (C=O) groups excluding carboxylic acids is 1. The van der Waals surface area contributed by atoms with E-state index in [0.29, 0.717) is 4.99 Å². The highest BCUT2D eigenvalue weighted by Crippen LogP contribution is 1.93. The van der Waals surface area contributed by atoms with E-state index >= 15 is 0 Å². The molecule has 0 saturated carbocycles. The van der Waals surface area contributed by atoms with E-state index in [9.17, 15) is 4.79 Å². The van der Waals surface area contributed by atoms with Crippen molar-refractivity contribution in [1.29, 1.82) is 0 Å². The molecule has 38 valence electrons. The summed E-state index contributed by atoms with van der Waals surface area (Å²) in [7, 11) is 0. The van der Waals surface area contributed by atoms with Crippen LogP contribution in [0.15, 0.2) is 0 Å². The van der Waals surface area contributed by atoms with Gasteiger partial charge in [0.05, 0.1) is 0 Å². The lowest BCUT2D eigenvalue weighted by Gasteiger charge is -1.84. The Morgan fingerprint density at radius 1 is 1.86 bits per heavy atom. The zero-order valence-corrected chi connectivity index (χ0v) is 4.25. The van der Waals surface area contributed by atoms with Crippen LogP contribution in [0, 0.1) is 0 Å². The Morgan fingerprint density at radius 2 is 2.57 bits per heavy atom. The number of thiocarbonyl (C=S) groups is 1. The minimum atomic E-state index is -0.301. The molecule has 1 heterocycles. The van der Waals surface area contributed by atoms with Gasteiger partial charge in [0.25, 0.3) is 0 Å². The molecule has 0 radical (unpaired) electrons. The summed E-state index contributed by atoms with van der Waals surface area (Å²) in [5.74, 6) is -0.301. The third-order valence-corrected chi connectivity index (χ3v) is 0.811. The molecular formula is C3H3NO2S. The molecule has 0 amide bonds. The smallest absolute Gasteiger partial charge is 0.338 e. The zero-order valence-electron chi connectivity index (χ0n) is 3.43. The summed E-state index contributed by atoms with van der Waals surface area (Å²) in [4.78, 5) is 14.8. The predicted octanol–water partition coefficient (Wildman–Crippen LogP) is -0.235. The monoisotopic (exact) mass is 117 g/mol. The van der Waals surface area contributed by atoms with E-state index in [0.717, 1.165) is 0 Å². The highest BCUT2D eigenvalue weighted by Gasteiger charge is 2.14. The third-order valence-electron chi connectivity index (χ3n) is 0.584. The molecule has 7 heavy (non-hydrogen) atoms. The molecule has 0 atom stereocenters. The van der Waals surface area contributed by atoms with Gasteiger partial charge in [-0.2, -0.15) is 0 Å². The van der Waals surface area contributed by atoms with Crippen LogP contribution in [0.4, 0.5) is 0 Å². The molecule has 1 fully saturated rings. The van der Waals surface area contributed by atoms with E-state index in [4.69, 9.17) is 0 Å². The zero-order chi connectivity index (χ0) is 5.28. The van der Waals surface area contributed by atoms with Gasteiger partial charge in [0.1, 0.15) is 11.4 Å². The van der Waals surface area contributed by atoms with Crippen molar-refractivity contribution >= 4 is 23.2 Å². The van der Waals surface area contributed by atoms with Crippen molar-refractivity contribution in [3.8, 4) is 0 Å². The number of nitrogens with one attached hydrogen (secondary N) is 1. The van der Waals surface area contributed by atoms with Gasteiger partial charge in [-0.3, -0.25) is 0 Å². The normalized spacial score (nSPS) is 18.9. The summed E-state index contributed by atoms with van der Waals surface area (Å²) in [5, 5.41) is 0. The van der Waals surface area contributed by atoms with Crippen LogP contribution in [0.5, 0.6) is 0 Å². The molecular weight excluding hydrogens is 114 g/mol. The molecule has 4 heteroatoms. The topological polar surface area (TPSA) is 38.3 Å². The molecule has 1 aliphatic heterocycles. The van der Waals surface area contributed by atoms with E-state index in [-0.39, 0.29) is 12.4 Å². The van der Waals surface area contributed by atoms with E-state index in [1.54, 1.807) is 0 Å². The average Bonchev–Trinajstić information content (AvgIpc) is 1.87. The Balaban J connectivity index is 2.55. The first-order valence-electron chi connectivity index (χ1n) is 1.77. The molecule has 0 unspecified atom stereocenters. The van der Waals surface area contributed by atoms with Crippen molar-refractivity contribution in [2.45, 2.75) is 6.42 Å². The predicted molar refractivity (Wildman–Crippen MR) is 26.4 cm³/mol. The first-order chi connectivity index (χ1) is 3.29. The van der Waals surface area contributed by atoms with E-state index < -0.39 is 0 Å². The van der Waals surface area contributed by atoms with Gasteiger partial charge in [0.2, 0.25) is 0 Å². The van der Waals surface area contributed by atoms with Crippen LogP contribution < -0.4 is 5.48 Å². The Hall–Kier alpha value is -0.640. The van der Waals surface area contributed by atoms with Gasteiger partial charge in [-0.1, -0.05) is 12.2 Å². The first-order valence-corrected chi connectivity index (χ1v) is 2.18. The second-order valence-electron chi connectivity index (χ2n) is 1.18. The quantitative estimate of drug-likeness (QED) is 0.444. The number of hydroxylamine groups is 1. The minimum Gasteiger partial charge on any atom is -0.342 e. The number of hydrogen-bond donors (Lipinski definition) is 1. The van der Waals surface area contributed by atoms with E-state index in [2.05, 4.69) is 22.5 Å². The average molecular weight is 117 g/mol. The van der Waals surface area contributed by atoms with Crippen molar-refractivity contribution in [1.82, 2.24) is 5.48 Å². The lowest BCUT2D eigenvalue weighted by Crippen LogP contribution is -2.09. The van der Waals surface area contributed by atoms with Gasteiger partial charge in [-0.25, -0.2) is 10.3 Å². The second-order valence-corrected chi connectivity index (χ2v) is 1.67. The van der Waals surface area contributed by atoms with Crippen LogP contribution in [0.25, 0.3) is 0 Å². The van der Waals surface area contributed by atoms with Crippen LogP contribution in [0.2, 0.25) is 0 Å². The van der Waals surface area contributed by atoms with Gasteiger partial charge in [-0.05, 0) is 0 Å². The fourth-order valence-corrected chi connectivity index (χ4v) is 0.477. The van der Waals surface area contributed by atoms with Gasteiger partial charge >= 0.3 is 5.97 Å². The highest BCUT2D eigenvalue weighted by atomic mass is 32.1. The van der Waals surface area contributed by atoms with Crippen LogP contribution in [0.3, 0.4) is 0 Å². The Morgan fingerprint density at radius 3 is 2.71 bits per heavy atom. The maximum Gasteiger partial charge on any atom is 0.338 e. The van der Waals surface area contributed by atoms with Crippen molar-refractivity contribution in [2.75, 3.05) is 0 Å². The Kier molecular flexibility index (Phi) is 0.941. The number of carbonyl (C=O) groups is 1. The van der Waals surface area contributed by atoms with E-state index in [1.165, 1.54) is 0 Å². The summed E-state index contributed by atoms with van der Waals surface area (Å²) < 4.78 is 0. The lowest BCUT2D eigenvalue weighted by atomic mass is 10.5. The maximum absolute atomic E-state index is 10.1. The molecule has 1 aliphatic rings. The standard InChI is InChI=1S/C3H3NO2S/c5-3-1-2(7)4-6-3/h1H2,(H,4,7). The fraction of sp³-hybridized carbons (Fsp3) is 0.333. The minimum absolute atomic E-state index is 0.231. The SMILES string of the molecule is O=C1CC(=S)NO1. The summed E-state index contributed by atoms with van der Waals surface area (Å²) in [6.07, 6.45) is 0.231. The summed E-state index contributed by atoms with van der Waals surface area (Å²) >= 11 is 4.54. The molecule has 0 spiro atoms. The summed E-state index contributed by atoms with van der Waals surface area (Å²) in [6, 6.07) is 0.